The topological polar surface area (TPSA) is 76.8 Å². The van der Waals surface area contributed by atoms with E-state index in [0.29, 0.717) is 0 Å². The van der Waals surface area contributed by atoms with Gasteiger partial charge in [-0.1, -0.05) is 0 Å². The second-order valence-electron chi connectivity index (χ2n) is 10.8. The van der Waals surface area contributed by atoms with Crippen molar-refractivity contribution in [2.75, 3.05) is 0 Å². The van der Waals surface area contributed by atoms with E-state index in [1.54, 1.807) is 22.7 Å². The SMILES string of the molecule is Cc1ccc(-c2ccc(-c3cc4/c(=N\N)c5cc6c(cc5c4s3)/c(=N/N)c3cc(-c4ccc(-c5ccc(C)s5)s4)sc36)s2)s1. The van der Waals surface area contributed by atoms with Crippen LogP contribution in [0.1, 0.15) is 9.75 Å². The van der Waals surface area contributed by atoms with E-state index < -0.39 is 0 Å². The minimum atomic E-state index is 0.844. The van der Waals surface area contributed by atoms with Gasteiger partial charge >= 0.3 is 0 Å². The molecule has 0 bridgehead atoms. The summed E-state index contributed by atoms with van der Waals surface area (Å²) in [5.41, 5.74) is 0. The summed E-state index contributed by atoms with van der Waals surface area (Å²) < 4.78 is 2.40. The van der Waals surface area contributed by atoms with Gasteiger partial charge in [-0.25, -0.2) is 0 Å². The van der Waals surface area contributed by atoms with Crippen molar-refractivity contribution in [1.82, 2.24) is 0 Å². The van der Waals surface area contributed by atoms with Gasteiger partial charge in [-0.2, -0.15) is 10.2 Å². The van der Waals surface area contributed by atoms with E-state index in [9.17, 15) is 0 Å². The average Bonchev–Trinajstić information content (AvgIpc) is 3.85. The Morgan fingerprint density at radius 2 is 0.750 bits per heavy atom. The first kappa shape index (κ1) is 26.7. The first-order valence-electron chi connectivity index (χ1n) is 13.9. The quantitative estimate of drug-likeness (QED) is 0.144. The Hall–Kier alpha value is -3.64. The lowest BCUT2D eigenvalue weighted by atomic mass is 10.1. The summed E-state index contributed by atoms with van der Waals surface area (Å²) >= 11 is 10.9. The molecule has 6 aromatic heterocycles. The summed E-state index contributed by atoms with van der Waals surface area (Å²) in [6, 6.07) is 26.7. The summed E-state index contributed by atoms with van der Waals surface area (Å²) in [5.74, 6) is 12.2. The lowest BCUT2D eigenvalue weighted by molar-refractivity contribution is 1.17. The minimum absolute atomic E-state index is 0.844. The zero-order valence-electron chi connectivity index (χ0n) is 23.4. The number of aryl methyl sites for hydroxylation is 2. The molecule has 6 heterocycles. The molecule has 0 radical (unpaired) electrons. The van der Waals surface area contributed by atoms with Crippen molar-refractivity contribution >= 4 is 110 Å². The molecule has 0 spiro atoms. The molecule has 4 N–H and O–H groups in total. The second kappa shape index (κ2) is 9.93. The summed E-state index contributed by atoms with van der Waals surface area (Å²) in [7, 11) is 0. The lowest BCUT2D eigenvalue weighted by Gasteiger charge is -1.96. The van der Waals surface area contributed by atoms with Crippen LogP contribution in [0.15, 0.2) is 83.0 Å². The van der Waals surface area contributed by atoms with Gasteiger partial charge in [-0.15, -0.1) is 68.0 Å². The Morgan fingerprint density at radius 3 is 1.11 bits per heavy atom. The molecule has 0 amide bonds. The fourth-order valence-electron chi connectivity index (χ4n) is 6.05. The molecule has 0 unspecified atom stereocenters. The molecule has 0 saturated heterocycles. The van der Waals surface area contributed by atoms with Gasteiger partial charge in [0.25, 0.3) is 0 Å². The molecular weight excluding hydrogens is 657 g/mol. The number of fused-ring (bicyclic) bond motifs is 6. The zero-order valence-corrected chi connectivity index (χ0v) is 28.3. The molecule has 4 nitrogen and oxygen atoms in total. The molecule has 9 aromatic rings. The van der Waals surface area contributed by atoms with Gasteiger partial charge in [-0.05, 0) is 86.6 Å². The lowest BCUT2D eigenvalue weighted by Crippen LogP contribution is -2.04. The Bertz CT molecular complexity index is 2490. The number of nitrogens with two attached hydrogens (primary N) is 2. The summed E-state index contributed by atoms with van der Waals surface area (Å²) in [6.07, 6.45) is 0. The summed E-state index contributed by atoms with van der Waals surface area (Å²) in [5, 5.41) is 17.0. The number of benzene rings is 1. The molecule has 9 rings (SSSR count). The fourth-order valence-corrected chi connectivity index (χ4v) is 12.5. The first-order valence-corrected chi connectivity index (χ1v) is 18.8. The third kappa shape index (κ3) is 3.95. The van der Waals surface area contributed by atoms with E-state index in [1.807, 2.05) is 45.3 Å². The van der Waals surface area contributed by atoms with Gasteiger partial charge in [0.1, 0.15) is 0 Å². The molecule has 10 heteroatoms. The highest BCUT2D eigenvalue weighted by molar-refractivity contribution is 7.30. The molecule has 3 aromatic carbocycles. The van der Waals surface area contributed by atoms with Crippen LogP contribution in [0, 0.1) is 13.8 Å². The number of nitrogens with zero attached hydrogens (tertiary/aromatic N) is 2. The van der Waals surface area contributed by atoms with E-state index in [2.05, 4.69) is 96.8 Å². The third-order valence-corrected chi connectivity index (χ3v) is 15.3. The van der Waals surface area contributed by atoms with Crippen LogP contribution in [-0.4, -0.2) is 0 Å². The van der Waals surface area contributed by atoms with Crippen LogP contribution in [0.2, 0.25) is 0 Å². The van der Waals surface area contributed by atoms with Crippen molar-refractivity contribution in [2.45, 2.75) is 13.8 Å². The van der Waals surface area contributed by atoms with Crippen LogP contribution in [0.5, 0.6) is 0 Å². The molecular formula is C34H22N4S6. The van der Waals surface area contributed by atoms with Crippen molar-refractivity contribution in [3.05, 3.63) is 93.3 Å². The number of rotatable bonds is 4. The van der Waals surface area contributed by atoms with Gasteiger partial charge in [0.05, 0.1) is 10.7 Å². The standard InChI is InChI=1S/C34H22N4S6/c1-15-3-5-23(39-15)25-7-9-27(41-25)29-13-21-31(37-35)17-12-20-18(11-19(17)33(21)43-29)32(38-36)22-14-30(44-34(20)22)28-10-8-26(42-28)24-6-4-16(2)40-24/h3-14H,35-36H2,1-2H3/b37-31-,38-32-. The fraction of sp³-hybridized carbons (Fsp3) is 0.0588. The van der Waals surface area contributed by atoms with Crippen molar-refractivity contribution in [3.63, 3.8) is 0 Å². The van der Waals surface area contributed by atoms with Gasteiger partial charge in [0, 0.05) is 90.5 Å². The second-order valence-corrected chi connectivity index (χ2v) is 17.6. The average molecular weight is 679 g/mol. The number of hydrogen-bond donors (Lipinski definition) is 2. The maximum absolute atomic E-state index is 6.08. The van der Waals surface area contributed by atoms with Gasteiger partial charge in [-0.3, -0.25) is 0 Å². The first-order chi connectivity index (χ1) is 21.5. The van der Waals surface area contributed by atoms with Crippen LogP contribution >= 0.6 is 68.0 Å². The summed E-state index contributed by atoms with van der Waals surface area (Å²) in [4.78, 5) is 12.9. The van der Waals surface area contributed by atoms with Crippen molar-refractivity contribution < 1.29 is 0 Å². The highest BCUT2D eigenvalue weighted by Crippen LogP contribution is 2.46. The van der Waals surface area contributed by atoms with E-state index in [4.69, 9.17) is 11.7 Å². The minimum Gasteiger partial charge on any atom is -0.323 e. The van der Waals surface area contributed by atoms with Crippen LogP contribution in [0.3, 0.4) is 0 Å². The smallest absolute Gasteiger partial charge is 0.0993 e. The van der Waals surface area contributed by atoms with Crippen LogP contribution in [0.25, 0.3) is 80.7 Å². The molecule has 0 saturated carbocycles. The molecule has 0 aliphatic rings. The molecule has 0 aliphatic carbocycles. The van der Waals surface area contributed by atoms with Gasteiger partial charge in [0.2, 0.25) is 0 Å². The Kier molecular flexibility index (Phi) is 6.04. The largest absolute Gasteiger partial charge is 0.323 e. The zero-order chi connectivity index (χ0) is 29.7. The highest BCUT2D eigenvalue weighted by Gasteiger charge is 2.20. The van der Waals surface area contributed by atoms with Crippen LogP contribution < -0.4 is 22.4 Å². The Labute approximate surface area is 275 Å². The van der Waals surface area contributed by atoms with E-state index in [1.165, 1.54) is 58.2 Å². The van der Waals surface area contributed by atoms with Crippen molar-refractivity contribution in [1.29, 1.82) is 0 Å². The predicted octanol–water partition coefficient (Wildman–Crippen LogP) is 10.4. The van der Waals surface area contributed by atoms with Crippen LogP contribution in [-0.2, 0) is 0 Å². The maximum atomic E-state index is 6.08. The van der Waals surface area contributed by atoms with E-state index >= 15 is 0 Å². The van der Waals surface area contributed by atoms with Crippen molar-refractivity contribution in [3.8, 4) is 39.0 Å². The number of thiophene rings is 6. The highest BCUT2D eigenvalue weighted by atomic mass is 32.1. The molecule has 44 heavy (non-hydrogen) atoms. The third-order valence-electron chi connectivity index (χ3n) is 8.05. The van der Waals surface area contributed by atoms with Gasteiger partial charge in [0.15, 0.2) is 0 Å². The van der Waals surface area contributed by atoms with E-state index in [-0.39, 0.29) is 0 Å². The molecule has 214 valence electrons. The van der Waals surface area contributed by atoms with Crippen molar-refractivity contribution in [2.24, 2.45) is 21.9 Å². The Balaban J connectivity index is 1.19. The molecule has 0 aliphatic heterocycles. The summed E-state index contributed by atoms with van der Waals surface area (Å²) in [6.45, 7) is 4.30. The number of hydrogen-bond acceptors (Lipinski definition) is 10. The molecule has 0 fully saturated rings. The van der Waals surface area contributed by atoms with Crippen LogP contribution in [0.4, 0.5) is 0 Å². The monoisotopic (exact) mass is 678 g/mol. The molecule has 0 atom stereocenters. The van der Waals surface area contributed by atoms with Gasteiger partial charge < -0.3 is 11.7 Å². The Morgan fingerprint density at radius 1 is 0.386 bits per heavy atom. The predicted molar refractivity (Wildman–Crippen MR) is 197 cm³/mol. The van der Waals surface area contributed by atoms with E-state index in [0.717, 1.165) is 43.0 Å². The normalized spacial score (nSPS) is 13.2. The maximum Gasteiger partial charge on any atom is 0.0993 e.